The summed E-state index contributed by atoms with van der Waals surface area (Å²) in [7, 11) is 0. The third-order valence-electron chi connectivity index (χ3n) is 3.36. The highest BCUT2D eigenvalue weighted by molar-refractivity contribution is 7.08. The number of pyridine rings is 1. The molecule has 3 aromatic rings. The average molecular weight is 394 g/mol. The van der Waals surface area contributed by atoms with Crippen molar-refractivity contribution in [2.75, 3.05) is 13.2 Å². The summed E-state index contributed by atoms with van der Waals surface area (Å²) in [6, 6.07) is 4.24. The minimum atomic E-state index is -0.696. The van der Waals surface area contributed by atoms with Crippen LogP contribution >= 0.6 is 11.5 Å². The van der Waals surface area contributed by atoms with Gasteiger partial charge in [0.25, 0.3) is 0 Å². The molecule has 2 N–H and O–H groups in total. The van der Waals surface area contributed by atoms with Gasteiger partial charge in [0, 0.05) is 18.1 Å². The molecule has 27 heavy (non-hydrogen) atoms. The number of halogens is 1. The molecule has 9 nitrogen and oxygen atoms in total. The predicted octanol–water partition coefficient (Wildman–Crippen LogP) is 2.30. The lowest BCUT2D eigenvalue weighted by Crippen LogP contribution is -2.29. The number of aromatic nitrogens is 3. The second-order valence-electron chi connectivity index (χ2n) is 5.24. The van der Waals surface area contributed by atoms with Crippen LogP contribution in [0.25, 0.3) is 11.4 Å². The van der Waals surface area contributed by atoms with E-state index < -0.39 is 11.9 Å². The first-order chi connectivity index (χ1) is 13.1. The fraction of sp³-hybridized carbons (Fsp3) is 0.250. The maximum absolute atomic E-state index is 13.0. The maximum atomic E-state index is 13.0. The molecule has 0 saturated heterocycles. The highest BCUT2D eigenvalue weighted by atomic mass is 32.1. The summed E-state index contributed by atoms with van der Waals surface area (Å²) >= 11 is 0.941. The molecule has 0 aromatic carbocycles. The number of hydrogen-bond donors (Lipinski definition) is 2. The monoisotopic (exact) mass is 394 g/mol. The van der Waals surface area contributed by atoms with Gasteiger partial charge in [-0.1, -0.05) is 5.16 Å². The van der Waals surface area contributed by atoms with Crippen LogP contribution in [0.1, 0.15) is 11.3 Å². The Morgan fingerprint density at radius 3 is 3.04 bits per heavy atom. The molecule has 1 amide bonds. The second kappa shape index (κ2) is 8.56. The van der Waals surface area contributed by atoms with Crippen LogP contribution in [0, 0.1) is 12.7 Å². The minimum Gasteiger partial charge on any atom is -0.472 e. The normalized spacial score (nSPS) is 10.6. The van der Waals surface area contributed by atoms with Crippen molar-refractivity contribution < 1.29 is 28.3 Å². The van der Waals surface area contributed by atoms with Gasteiger partial charge in [-0.3, -0.25) is 4.98 Å². The molecule has 3 heterocycles. The molecule has 3 rings (SSSR count). The highest BCUT2D eigenvalue weighted by Gasteiger charge is 2.17. The molecule has 0 aliphatic rings. The van der Waals surface area contributed by atoms with Gasteiger partial charge in [-0.05, 0) is 19.1 Å². The zero-order chi connectivity index (χ0) is 19.2. The molecule has 0 radical (unpaired) electrons. The van der Waals surface area contributed by atoms with E-state index in [4.69, 9.17) is 19.1 Å². The Labute approximate surface area is 156 Å². The SMILES string of the molecule is Cc1onc(-c2ccc(F)cn2)c1COc1cc(OC(=O)NCCO)sn1. The van der Waals surface area contributed by atoms with Gasteiger partial charge in [0.1, 0.15) is 23.9 Å². The number of nitrogens with zero attached hydrogens (tertiary/aromatic N) is 3. The topological polar surface area (TPSA) is 120 Å². The van der Waals surface area contributed by atoms with Gasteiger partial charge in [0.05, 0.1) is 30.1 Å². The number of ether oxygens (including phenoxy) is 2. The van der Waals surface area contributed by atoms with Crippen molar-refractivity contribution in [2.24, 2.45) is 0 Å². The molecule has 0 spiro atoms. The Hall–Kier alpha value is -3.05. The van der Waals surface area contributed by atoms with Gasteiger partial charge in [0.15, 0.2) is 0 Å². The van der Waals surface area contributed by atoms with Crippen LogP contribution in [0.3, 0.4) is 0 Å². The van der Waals surface area contributed by atoms with Gasteiger partial charge in [-0.25, -0.2) is 9.18 Å². The summed E-state index contributed by atoms with van der Waals surface area (Å²) in [5, 5.41) is 15.2. The van der Waals surface area contributed by atoms with Crippen molar-refractivity contribution in [1.82, 2.24) is 19.8 Å². The third-order valence-corrected chi connectivity index (χ3v) is 4.01. The van der Waals surface area contributed by atoms with Crippen LogP contribution in [0.5, 0.6) is 10.9 Å². The Balaban J connectivity index is 1.65. The lowest BCUT2D eigenvalue weighted by molar-refractivity contribution is 0.197. The van der Waals surface area contributed by atoms with Crippen molar-refractivity contribution in [3.8, 4) is 22.3 Å². The minimum absolute atomic E-state index is 0.0869. The number of nitrogens with one attached hydrogen (secondary N) is 1. The Morgan fingerprint density at radius 2 is 2.30 bits per heavy atom. The van der Waals surface area contributed by atoms with Crippen LogP contribution in [-0.4, -0.2) is 38.9 Å². The molecule has 3 aromatic heterocycles. The summed E-state index contributed by atoms with van der Waals surface area (Å²) in [6.07, 6.45) is 0.398. The first-order valence-corrected chi connectivity index (χ1v) is 8.57. The zero-order valence-corrected chi connectivity index (χ0v) is 15.0. The van der Waals surface area contributed by atoms with Crippen LogP contribution in [0.2, 0.25) is 0 Å². The summed E-state index contributed by atoms with van der Waals surface area (Å²) in [6.45, 7) is 1.72. The van der Waals surface area contributed by atoms with Crippen molar-refractivity contribution in [1.29, 1.82) is 0 Å². The van der Waals surface area contributed by atoms with E-state index in [2.05, 4.69) is 19.8 Å². The predicted molar refractivity (Wildman–Crippen MR) is 92.0 cm³/mol. The molecule has 0 saturated carbocycles. The van der Waals surface area contributed by atoms with Crippen LogP contribution in [0.4, 0.5) is 9.18 Å². The zero-order valence-electron chi connectivity index (χ0n) is 14.1. The summed E-state index contributed by atoms with van der Waals surface area (Å²) in [4.78, 5) is 15.4. The van der Waals surface area contributed by atoms with Crippen molar-refractivity contribution >= 4 is 17.6 Å². The molecule has 0 unspecified atom stereocenters. The fourth-order valence-corrected chi connectivity index (χ4v) is 2.62. The Bertz CT molecular complexity index is 912. The number of aliphatic hydroxyl groups is 1. The lowest BCUT2D eigenvalue weighted by Gasteiger charge is -2.04. The van der Waals surface area contributed by atoms with Crippen molar-refractivity contribution in [2.45, 2.75) is 13.5 Å². The van der Waals surface area contributed by atoms with Gasteiger partial charge in [-0.15, -0.1) is 0 Å². The summed E-state index contributed by atoms with van der Waals surface area (Å²) < 4.78 is 32.9. The number of aryl methyl sites for hydroxylation is 1. The van der Waals surface area contributed by atoms with Crippen LogP contribution < -0.4 is 14.8 Å². The van der Waals surface area contributed by atoms with E-state index >= 15 is 0 Å². The second-order valence-corrected chi connectivity index (χ2v) is 6.01. The maximum Gasteiger partial charge on any atom is 0.413 e. The van der Waals surface area contributed by atoms with E-state index in [9.17, 15) is 9.18 Å². The van der Waals surface area contributed by atoms with Gasteiger partial charge < -0.3 is 24.4 Å². The number of aliphatic hydroxyl groups excluding tert-OH is 1. The molecule has 0 fully saturated rings. The first-order valence-electron chi connectivity index (χ1n) is 7.80. The quantitative estimate of drug-likeness (QED) is 0.626. The third kappa shape index (κ3) is 4.77. The molecule has 11 heteroatoms. The molecular weight excluding hydrogens is 379 g/mol. The van der Waals surface area contributed by atoms with E-state index in [1.165, 1.54) is 18.2 Å². The Kier molecular flexibility index (Phi) is 5.94. The number of hydrogen-bond acceptors (Lipinski definition) is 9. The van der Waals surface area contributed by atoms with Crippen LogP contribution in [0.15, 0.2) is 28.9 Å². The number of carbonyl (C=O) groups excluding carboxylic acids is 1. The van der Waals surface area contributed by atoms with E-state index in [0.717, 1.165) is 17.7 Å². The summed E-state index contributed by atoms with van der Waals surface area (Å²) in [5.41, 5.74) is 1.54. The molecule has 0 aliphatic carbocycles. The van der Waals surface area contributed by atoms with Gasteiger partial charge >= 0.3 is 6.09 Å². The highest BCUT2D eigenvalue weighted by Crippen LogP contribution is 2.28. The van der Waals surface area contributed by atoms with E-state index in [-0.39, 0.29) is 30.7 Å². The molecule has 0 atom stereocenters. The number of carbonyl (C=O) groups is 1. The number of rotatable bonds is 7. The summed E-state index contributed by atoms with van der Waals surface area (Å²) in [5.74, 6) is 0.338. The largest absolute Gasteiger partial charge is 0.472 e. The number of amides is 1. The van der Waals surface area contributed by atoms with Crippen LogP contribution in [-0.2, 0) is 6.61 Å². The fourth-order valence-electron chi connectivity index (χ4n) is 2.07. The Morgan fingerprint density at radius 1 is 1.44 bits per heavy atom. The smallest absolute Gasteiger partial charge is 0.413 e. The first kappa shape index (κ1) is 18.7. The lowest BCUT2D eigenvalue weighted by atomic mass is 10.1. The van der Waals surface area contributed by atoms with E-state index in [1.807, 2.05) is 0 Å². The molecular formula is C16H15FN4O5S. The molecule has 0 aliphatic heterocycles. The molecule has 142 valence electrons. The molecule has 0 bridgehead atoms. The van der Waals surface area contributed by atoms with Gasteiger partial charge in [-0.2, -0.15) is 4.37 Å². The van der Waals surface area contributed by atoms with Gasteiger partial charge in [0.2, 0.25) is 10.9 Å². The van der Waals surface area contributed by atoms with Crippen molar-refractivity contribution in [3.63, 3.8) is 0 Å². The van der Waals surface area contributed by atoms with E-state index in [1.54, 1.807) is 6.92 Å². The standard InChI is InChI=1S/C16H15FN4O5S/c1-9-11(15(20-26-9)12-3-2-10(17)7-19-12)8-24-13-6-14(27-21-13)25-16(23)18-4-5-22/h2-3,6-7,22H,4-5,8H2,1H3,(H,18,23). The van der Waals surface area contributed by atoms with E-state index in [0.29, 0.717) is 22.7 Å². The average Bonchev–Trinajstić information content (AvgIpc) is 3.25. The van der Waals surface area contributed by atoms with Crippen molar-refractivity contribution in [3.05, 3.63) is 41.5 Å².